The summed E-state index contributed by atoms with van der Waals surface area (Å²) in [6.07, 6.45) is -1.45. The van der Waals surface area contributed by atoms with Crippen molar-refractivity contribution in [2.24, 2.45) is 4.99 Å². The van der Waals surface area contributed by atoms with Gasteiger partial charge in [0.15, 0.2) is 5.69 Å². The third-order valence-corrected chi connectivity index (χ3v) is 5.40. The second kappa shape index (κ2) is 7.35. The summed E-state index contributed by atoms with van der Waals surface area (Å²) in [6, 6.07) is 0. The molecule has 1 aromatic heterocycles. The average Bonchev–Trinajstić information content (AvgIpc) is 3.19. The maximum Gasteiger partial charge on any atom is 0.434 e. The predicted molar refractivity (Wildman–Crippen MR) is 104 cm³/mol. The van der Waals surface area contributed by atoms with Gasteiger partial charge in [-0.1, -0.05) is 5.57 Å². The van der Waals surface area contributed by atoms with Crippen LogP contribution in [0, 0.1) is 0 Å². The van der Waals surface area contributed by atoms with E-state index in [1.165, 1.54) is 9.47 Å². The lowest BCUT2D eigenvalue weighted by molar-refractivity contribution is -0.141. The van der Waals surface area contributed by atoms with Crippen molar-refractivity contribution in [2.45, 2.75) is 65.3 Å². The number of aliphatic imine (C=N–C) groups is 1. The van der Waals surface area contributed by atoms with Gasteiger partial charge in [0, 0.05) is 36.0 Å². The molecule has 2 aliphatic rings. The largest absolute Gasteiger partial charge is 0.434 e. The van der Waals surface area contributed by atoms with Crippen LogP contribution in [0.3, 0.4) is 0 Å². The van der Waals surface area contributed by atoms with Crippen molar-refractivity contribution >= 4 is 12.6 Å². The summed E-state index contributed by atoms with van der Waals surface area (Å²) < 4.78 is 40.3. The summed E-state index contributed by atoms with van der Waals surface area (Å²) in [7, 11) is 0. The zero-order valence-corrected chi connectivity index (χ0v) is 17.2. The molecule has 2 heterocycles. The number of hydrogen-bond donors (Lipinski definition) is 1. The second-order valence-corrected chi connectivity index (χ2v) is 8.15. The lowest BCUT2D eigenvalue weighted by atomic mass is 10.0. The summed E-state index contributed by atoms with van der Waals surface area (Å²) in [5.41, 5.74) is 1.03. The van der Waals surface area contributed by atoms with Gasteiger partial charge in [0.25, 0.3) is 5.91 Å². The first-order valence-corrected chi connectivity index (χ1v) is 9.51. The van der Waals surface area contributed by atoms with E-state index in [9.17, 15) is 18.0 Å². The van der Waals surface area contributed by atoms with Gasteiger partial charge in [0.2, 0.25) is 0 Å². The van der Waals surface area contributed by atoms with Gasteiger partial charge in [0.1, 0.15) is 11.6 Å². The number of halogens is 3. The molecule has 1 aliphatic carbocycles. The molecule has 3 rings (SSSR count). The maximum absolute atomic E-state index is 13.3. The Morgan fingerprint density at radius 1 is 1.28 bits per heavy atom. The van der Waals surface area contributed by atoms with Gasteiger partial charge in [0.05, 0.1) is 6.54 Å². The van der Waals surface area contributed by atoms with Crippen LogP contribution in [0.1, 0.15) is 52.1 Å². The van der Waals surface area contributed by atoms with Gasteiger partial charge in [-0.15, -0.1) is 0 Å². The highest BCUT2D eigenvalue weighted by molar-refractivity contribution is 5.98. The standard InChI is InChI=1S/C20H26F3N5O/c1-12(2)16(13(3)17(24-5)26-19(4)6-7-19)18(29)28-9-8-27-10-14(20(21,22)23)25-15(27)11-28/h10,26H,5-9,11H2,1-4H3/b17-13-. The van der Waals surface area contributed by atoms with E-state index in [0.717, 1.165) is 24.6 Å². The van der Waals surface area contributed by atoms with Gasteiger partial charge in [-0.25, -0.2) is 9.98 Å². The van der Waals surface area contributed by atoms with Crippen molar-refractivity contribution in [1.82, 2.24) is 19.8 Å². The van der Waals surface area contributed by atoms with Crippen LogP contribution in [-0.2, 0) is 24.1 Å². The van der Waals surface area contributed by atoms with E-state index < -0.39 is 11.9 Å². The van der Waals surface area contributed by atoms with Crippen LogP contribution in [0.25, 0.3) is 0 Å². The van der Waals surface area contributed by atoms with Gasteiger partial charge < -0.3 is 14.8 Å². The van der Waals surface area contributed by atoms with E-state index in [2.05, 4.69) is 28.9 Å². The van der Waals surface area contributed by atoms with E-state index in [1.807, 2.05) is 20.8 Å². The van der Waals surface area contributed by atoms with Crippen LogP contribution < -0.4 is 5.32 Å². The molecule has 1 fully saturated rings. The van der Waals surface area contributed by atoms with Gasteiger partial charge >= 0.3 is 6.18 Å². The van der Waals surface area contributed by atoms with Crippen LogP contribution >= 0.6 is 0 Å². The van der Waals surface area contributed by atoms with E-state index >= 15 is 0 Å². The van der Waals surface area contributed by atoms with E-state index in [0.29, 0.717) is 23.5 Å². The summed E-state index contributed by atoms with van der Waals surface area (Å²) in [4.78, 5) is 22.6. The minimum absolute atomic E-state index is 0.0287. The number of nitrogens with one attached hydrogen (secondary N) is 1. The Bertz CT molecular complexity index is 902. The van der Waals surface area contributed by atoms with Gasteiger partial charge in [-0.3, -0.25) is 4.79 Å². The van der Waals surface area contributed by atoms with E-state index in [-0.39, 0.29) is 30.4 Å². The average molecular weight is 409 g/mol. The quantitative estimate of drug-likeness (QED) is 0.459. The predicted octanol–water partition coefficient (Wildman–Crippen LogP) is 3.65. The molecule has 1 N–H and O–H groups in total. The Morgan fingerprint density at radius 2 is 1.93 bits per heavy atom. The number of rotatable bonds is 5. The van der Waals surface area contributed by atoms with Crippen LogP contribution in [0.4, 0.5) is 13.2 Å². The fourth-order valence-corrected chi connectivity index (χ4v) is 3.44. The van der Waals surface area contributed by atoms with Crippen LogP contribution in [0.15, 0.2) is 33.7 Å². The molecular formula is C20H26F3N5O. The summed E-state index contributed by atoms with van der Waals surface area (Å²) in [5, 5.41) is 3.35. The molecule has 1 aromatic rings. The zero-order chi connectivity index (χ0) is 21.6. The number of hydrogen-bond acceptors (Lipinski definition) is 4. The molecule has 1 amide bonds. The molecule has 6 nitrogen and oxygen atoms in total. The highest BCUT2D eigenvalue weighted by Crippen LogP contribution is 2.36. The van der Waals surface area contributed by atoms with Gasteiger partial charge in [-0.05, 0) is 47.3 Å². The van der Waals surface area contributed by atoms with Crippen molar-refractivity contribution in [3.05, 3.63) is 40.3 Å². The Hall–Kier alpha value is -2.58. The molecule has 0 spiro atoms. The first-order chi connectivity index (χ1) is 13.4. The third kappa shape index (κ3) is 4.38. The number of fused-ring (bicyclic) bond motifs is 1. The highest BCUT2D eigenvalue weighted by atomic mass is 19.4. The van der Waals surface area contributed by atoms with Crippen molar-refractivity contribution in [1.29, 1.82) is 0 Å². The van der Waals surface area contributed by atoms with Crippen molar-refractivity contribution in [3.8, 4) is 0 Å². The number of allylic oxidation sites excluding steroid dienone is 1. The van der Waals surface area contributed by atoms with E-state index in [4.69, 9.17) is 0 Å². The molecule has 0 radical (unpaired) electrons. The maximum atomic E-state index is 13.3. The Labute approximate surface area is 168 Å². The molecule has 0 aromatic carbocycles. The minimum atomic E-state index is -4.50. The molecule has 0 bridgehead atoms. The van der Waals surface area contributed by atoms with Crippen molar-refractivity contribution < 1.29 is 18.0 Å². The third-order valence-electron chi connectivity index (χ3n) is 5.40. The Kier molecular flexibility index (Phi) is 5.36. The normalized spacial score (nSPS) is 18.5. The van der Waals surface area contributed by atoms with Crippen molar-refractivity contribution in [2.75, 3.05) is 6.54 Å². The zero-order valence-electron chi connectivity index (χ0n) is 17.2. The SMILES string of the molecule is C=N/C(NC1(C)CC1)=C(\C)C(C(=O)N1CCn2cc(C(F)(F)F)nc2C1)=C(C)C. The lowest BCUT2D eigenvalue weighted by Crippen LogP contribution is -2.40. The fourth-order valence-electron chi connectivity index (χ4n) is 3.44. The fraction of sp³-hybridized carbons (Fsp3) is 0.550. The monoisotopic (exact) mass is 409 g/mol. The molecule has 1 saturated carbocycles. The molecule has 0 saturated heterocycles. The molecule has 29 heavy (non-hydrogen) atoms. The minimum Gasteiger partial charge on any atom is -0.365 e. The lowest BCUT2D eigenvalue weighted by Gasteiger charge is -2.29. The summed E-state index contributed by atoms with van der Waals surface area (Å²) in [5.74, 6) is 0.555. The van der Waals surface area contributed by atoms with Crippen LogP contribution in [0.2, 0.25) is 0 Å². The Balaban J connectivity index is 1.86. The topological polar surface area (TPSA) is 62.5 Å². The molecule has 0 unspecified atom stereocenters. The number of carbonyl (C=O) groups is 1. The smallest absolute Gasteiger partial charge is 0.365 e. The van der Waals surface area contributed by atoms with E-state index in [1.54, 1.807) is 0 Å². The molecule has 0 atom stereocenters. The number of carbonyl (C=O) groups excluding carboxylic acids is 1. The first-order valence-electron chi connectivity index (χ1n) is 9.51. The number of imidazole rings is 1. The van der Waals surface area contributed by atoms with Crippen LogP contribution in [0.5, 0.6) is 0 Å². The summed E-state index contributed by atoms with van der Waals surface area (Å²) >= 11 is 0. The molecule has 9 heteroatoms. The first kappa shape index (κ1) is 21.1. The van der Waals surface area contributed by atoms with Crippen LogP contribution in [-0.4, -0.2) is 39.2 Å². The number of amides is 1. The highest BCUT2D eigenvalue weighted by Gasteiger charge is 2.39. The number of alkyl halides is 3. The number of nitrogens with zero attached hydrogens (tertiary/aromatic N) is 4. The van der Waals surface area contributed by atoms with Gasteiger partial charge in [-0.2, -0.15) is 13.2 Å². The Morgan fingerprint density at radius 3 is 2.45 bits per heavy atom. The van der Waals surface area contributed by atoms with Crippen molar-refractivity contribution in [3.63, 3.8) is 0 Å². The molecule has 1 aliphatic heterocycles. The molecule has 158 valence electrons. The summed E-state index contributed by atoms with van der Waals surface area (Å²) in [6.45, 7) is 11.8. The number of aromatic nitrogens is 2. The molecular weight excluding hydrogens is 383 g/mol. The second-order valence-electron chi connectivity index (χ2n) is 8.15.